The monoisotopic (exact) mass is 493 g/mol. The molecule has 3 rings (SSSR count). The molecule has 0 spiro atoms. The molecule has 0 saturated heterocycles. The molecule has 0 aliphatic carbocycles. The van der Waals surface area contributed by atoms with Crippen LogP contribution in [0.25, 0.3) is 0 Å². The van der Waals surface area contributed by atoms with Gasteiger partial charge in [0.15, 0.2) is 0 Å². The summed E-state index contributed by atoms with van der Waals surface area (Å²) in [5.74, 6) is -1.45. The number of thioether (sulfide) groups is 1. The molecule has 0 bridgehead atoms. The molecule has 34 heavy (non-hydrogen) atoms. The number of hydrogen-bond acceptors (Lipinski definition) is 6. The molecule has 1 heterocycles. The molecule has 6 nitrogen and oxygen atoms in total. The van der Waals surface area contributed by atoms with Gasteiger partial charge in [0.2, 0.25) is 5.91 Å². The minimum Gasteiger partial charge on any atom is -0.458 e. The maximum atomic E-state index is 12.9. The summed E-state index contributed by atoms with van der Waals surface area (Å²) in [5.41, 5.74) is 3.45. The van der Waals surface area contributed by atoms with E-state index < -0.39 is 11.9 Å². The molecule has 0 unspecified atom stereocenters. The summed E-state index contributed by atoms with van der Waals surface area (Å²) in [6.45, 7) is 7.29. The number of dihydropyridines is 1. The van der Waals surface area contributed by atoms with Crippen molar-refractivity contribution in [1.82, 2.24) is 5.32 Å². The Kier molecular flexibility index (Phi) is 8.58. The summed E-state index contributed by atoms with van der Waals surface area (Å²) < 4.78 is 5.29. The molecule has 174 valence electrons. The zero-order chi connectivity index (χ0) is 24.7. The van der Waals surface area contributed by atoms with E-state index in [0.29, 0.717) is 32.6 Å². The number of aryl methyl sites for hydroxylation is 1. The molecule has 2 aromatic rings. The lowest BCUT2D eigenvalue weighted by Crippen LogP contribution is -2.29. The van der Waals surface area contributed by atoms with Crippen molar-refractivity contribution in [2.75, 3.05) is 17.7 Å². The predicted molar refractivity (Wildman–Crippen MR) is 136 cm³/mol. The van der Waals surface area contributed by atoms with E-state index in [1.165, 1.54) is 17.8 Å². The van der Waals surface area contributed by atoms with Crippen LogP contribution < -0.4 is 10.6 Å². The summed E-state index contributed by atoms with van der Waals surface area (Å²) in [6.07, 6.45) is 1.48. The van der Waals surface area contributed by atoms with Gasteiger partial charge in [0, 0.05) is 16.4 Å². The Morgan fingerprint density at radius 1 is 1.26 bits per heavy atom. The number of anilines is 1. The van der Waals surface area contributed by atoms with Crippen LogP contribution in [0.3, 0.4) is 0 Å². The van der Waals surface area contributed by atoms with Crippen molar-refractivity contribution >= 4 is 40.9 Å². The summed E-state index contributed by atoms with van der Waals surface area (Å²) in [7, 11) is 0. The Hall–Kier alpha value is -3.47. The van der Waals surface area contributed by atoms with E-state index in [1.807, 2.05) is 31.2 Å². The van der Waals surface area contributed by atoms with E-state index in [9.17, 15) is 14.9 Å². The van der Waals surface area contributed by atoms with Gasteiger partial charge in [-0.3, -0.25) is 4.79 Å². The molecular formula is C26H24ClN3O3S. The highest BCUT2D eigenvalue weighted by molar-refractivity contribution is 8.03. The van der Waals surface area contributed by atoms with E-state index in [-0.39, 0.29) is 23.8 Å². The average molecular weight is 494 g/mol. The van der Waals surface area contributed by atoms with Gasteiger partial charge in [-0.25, -0.2) is 4.79 Å². The first-order chi connectivity index (χ1) is 16.3. The second kappa shape index (κ2) is 11.6. The third-order valence-electron chi connectivity index (χ3n) is 5.07. The van der Waals surface area contributed by atoms with Gasteiger partial charge in [0.25, 0.3) is 0 Å². The van der Waals surface area contributed by atoms with Gasteiger partial charge in [0.05, 0.1) is 33.9 Å². The smallest absolute Gasteiger partial charge is 0.337 e. The Bertz CT molecular complexity index is 1230. The van der Waals surface area contributed by atoms with Crippen LogP contribution in [-0.4, -0.2) is 24.2 Å². The van der Waals surface area contributed by atoms with Crippen LogP contribution in [0.4, 0.5) is 5.69 Å². The van der Waals surface area contributed by atoms with Crippen LogP contribution >= 0.6 is 23.4 Å². The van der Waals surface area contributed by atoms with Crippen LogP contribution in [0.1, 0.15) is 24.0 Å². The molecular weight excluding hydrogens is 470 g/mol. The van der Waals surface area contributed by atoms with Crippen molar-refractivity contribution in [2.24, 2.45) is 0 Å². The molecule has 1 atom stereocenters. The van der Waals surface area contributed by atoms with Gasteiger partial charge in [-0.05, 0) is 43.2 Å². The number of hydrogen-bond donors (Lipinski definition) is 2. The number of halogens is 1. The van der Waals surface area contributed by atoms with Gasteiger partial charge in [-0.1, -0.05) is 66.3 Å². The molecule has 1 aliphatic rings. The highest BCUT2D eigenvalue weighted by Crippen LogP contribution is 2.43. The highest BCUT2D eigenvalue weighted by atomic mass is 35.5. The van der Waals surface area contributed by atoms with E-state index in [1.54, 1.807) is 31.2 Å². The van der Waals surface area contributed by atoms with Crippen molar-refractivity contribution in [2.45, 2.75) is 19.8 Å². The SMILES string of the molecule is C=CCOC(=O)C1=C(C)NC(SCC(=O)Nc2cccc(C)c2)=C(C#N)[C@@H]1c1ccccc1Cl. The lowest BCUT2D eigenvalue weighted by atomic mass is 9.82. The average Bonchev–Trinajstić information content (AvgIpc) is 2.81. The summed E-state index contributed by atoms with van der Waals surface area (Å²) in [6, 6.07) is 16.8. The molecule has 0 aromatic heterocycles. The maximum absolute atomic E-state index is 12.9. The minimum absolute atomic E-state index is 0.0389. The number of carbonyl (C=O) groups is 2. The first kappa shape index (κ1) is 25.2. The van der Waals surface area contributed by atoms with Gasteiger partial charge in [0.1, 0.15) is 6.61 Å². The zero-order valence-corrected chi connectivity index (χ0v) is 20.4. The number of nitriles is 1. The number of rotatable bonds is 8. The summed E-state index contributed by atoms with van der Waals surface area (Å²) in [4.78, 5) is 25.5. The number of allylic oxidation sites excluding steroid dienone is 2. The molecule has 0 radical (unpaired) electrons. The van der Waals surface area contributed by atoms with E-state index in [0.717, 1.165) is 5.56 Å². The topological polar surface area (TPSA) is 91.2 Å². The van der Waals surface area contributed by atoms with Crippen LogP contribution in [0.15, 0.2) is 83.1 Å². The quantitative estimate of drug-likeness (QED) is 0.375. The largest absolute Gasteiger partial charge is 0.458 e. The molecule has 2 N–H and O–H groups in total. The van der Waals surface area contributed by atoms with Crippen LogP contribution in [0, 0.1) is 18.3 Å². The van der Waals surface area contributed by atoms with Gasteiger partial charge in [-0.15, -0.1) is 0 Å². The van der Waals surface area contributed by atoms with Crippen molar-refractivity contribution in [3.8, 4) is 6.07 Å². The standard InChI is InChI=1S/C26H24ClN3O3S/c1-4-12-33-26(32)23-17(3)29-25(20(14-28)24(23)19-10-5-6-11-21(19)27)34-15-22(31)30-18-9-7-8-16(2)13-18/h4-11,13,24,29H,1,12,15H2,2-3H3,(H,30,31)/t24-/m0/s1. The number of benzene rings is 2. The van der Waals surface area contributed by atoms with Crippen molar-refractivity contribution in [1.29, 1.82) is 5.26 Å². The lowest BCUT2D eigenvalue weighted by molar-refractivity contribution is -0.138. The van der Waals surface area contributed by atoms with E-state index in [2.05, 4.69) is 23.3 Å². The second-order valence-electron chi connectivity index (χ2n) is 7.57. The fourth-order valence-electron chi connectivity index (χ4n) is 3.59. The van der Waals surface area contributed by atoms with E-state index >= 15 is 0 Å². The second-order valence-corrected chi connectivity index (χ2v) is 8.96. The van der Waals surface area contributed by atoms with Gasteiger partial charge in [-0.2, -0.15) is 5.26 Å². The number of nitrogens with zero attached hydrogens (tertiary/aromatic N) is 1. The zero-order valence-electron chi connectivity index (χ0n) is 18.9. The Balaban J connectivity index is 1.92. The van der Waals surface area contributed by atoms with Crippen LogP contribution in [0.2, 0.25) is 5.02 Å². The molecule has 8 heteroatoms. The molecule has 0 saturated carbocycles. The highest BCUT2D eigenvalue weighted by Gasteiger charge is 2.36. The number of esters is 1. The number of nitrogens with one attached hydrogen (secondary N) is 2. The van der Waals surface area contributed by atoms with Crippen molar-refractivity contribution < 1.29 is 14.3 Å². The maximum Gasteiger partial charge on any atom is 0.337 e. The van der Waals surface area contributed by atoms with Gasteiger partial charge < -0.3 is 15.4 Å². The fourth-order valence-corrected chi connectivity index (χ4v) is 4.72. The van der Waals surface area contributed by atoms with Crippen molar-refractivity contribution in [3.05, 3.63) is 99.2 Å². The first-order valence-electron chi connectivity index (χ1n) is 10.5. The summed E-state index contributed by atoms with van der Waals surface area (Å²) in [5, 5.41) is 17.0. The van der Waals surface area contributed by atoms with Crippen LogP contribution in [0.5, 0.6) is 0 Å². The number of amides is 1. The molecule has 1 amide bonds. The third-order valence-corrected chi connectivity index (χ3v) is 6.43. The molecule has 1 aliphatic heterocycles. The number of carbonyl (C=O) groups excluding carboxylic acids is 2. The molecule has 0 fully saturated rings. The van der Waals surface area contributed by atoms with Crippen molar-refractivity contribution in [3.63, 3.8) is 0 Å². The normalized spacial score (nSPS) is 15.3. The Morgan fingerprint density at radius 3 is 2.71 bits per heavy atom. The third kappa shape index (κ3) is 5.90. The molecule has 2 aromatic carbocycles. The Labute approximate surface area is 208 Å². The first-order valence-corrected chi connectivity index (χ1v) is 11.9. The predicted octanol–water partition coefficient (Wildman–Crippen LogP) is 5.45. The van der Waals surface area contributed by atoms with E-state index in [4.69, 9.17) is 16.3 Å². The lowest BCUT2D eigenvalue weighted by Gasteiger charge is -2.29. The van der Waals surface area contributed by atoms with Crippen LogP contribution in [-0.2, 0) is 14.3 Å². The Morgan fingerprint density at radius 2 is 2.03 bits per heavy atom. The summed E-state index contributed by atoms with van der Waals surface area (Å²) >= 11 is 7.66. The number of ether oxygens (including phenoxy) is 1. The fraction of sp³-hybridized carbons (Fsp3) is 0.192. The minimum atomic E-state index is -0.736. The van der Waals surface area contributed by atoms with Gasteiger partial charge >= 0.3 is 5.97 Å².